The largest absolute Gasteiger partial charge is 0.456 e. The molecule has 22 heavy (non-hydrogen) atoms. The molecule has 3 heteroatoms. The summed E-state index contributed by atoms with van der Waals surface area (Å²) < 4.78 is 12.3. The van der Waals surface area contributed by atoms with Gasteiger partial charge in [0, 0.05) is 6.61 Å². The van der Waals surface area contributed by atoms with Crippen molar-refractivity contribution in [2.75, 3.05) is 6.61 Å². The molecule has 1 aliphatic heterocycles. The summed E-state index contributed by atoms with van der Waals surface area (Å²) in [4.78, 5) is 12.9. The summed E-state index contributed by atoms with van der Waals surface area (Å²) in [6, 6.07) is 0. The van der Waals surface area contributed by atoms with Crippen molar-refractivity contribution >= 4 is 5.97 Å². The maximum atomic E-state index is 12.9. The fourth-order valence-electron chi connectivity index (χ4n) is 4.95. The molecular weight excluding hydrogens is 276 g/mol. The molecule has 0 radical (unpaired) electrons. The Morgan fingerprint density at radius 3 is 2.36 bits per heavy atom. The fraction of sp³-hybridized carbons (Fsp3) is 0.842. The van der Waals surface area contributed by atoms with E-state index in [4.69, 9.17) is 9.47 Å². The number of hydrogen-bond donors (Lipinski definition) is 0. The number of ether oxygens (including phenoxy) is 2. The molecule has 1 saturated carbocycles. The Hall–Kier alpha value is -0.830. The molecule has 0 aromatic heterocycles. The van der Waals surface area contributed by atoms with Gasteiger partial charge in [0.05, 0.1) is 12.0 Å². The molecule has 2 aliphatic carbocycles. The van der Waals surface area contributed by atoms with Gasteiger partial charge in [-0.3, -0.25) is 4.79 Å². The first-order valence-corrected chi connectivity index (χ1v) is 8.98. The van der Waals surface area contributed by atoms with Crippen molar-refractivity contribution < 1.29 is 14.3 Å². The number of fused-ring (bicyclic) bond motifs is 2. The molecule has 2 bridgehead atoms. The molecule has 0 amide bonds. The molecule has 2 fully saturated rings. The number of allylic oxidation sites excluding steroid dienone is 2. The Bertz CT molecular complexity index is 438. The van der Waals surface area contributed by atoms with Gasteiger partial charge in [0.15, 0.2) is 0 Å². The molecule has 124 valence electrons. The molecule has 0 spiro atoms. The van der Waals surface area contributed by atoms with Crippen molar-refractivity contribution in [3.05, 3.63) is 12.2 Å². The highest BCUT2D eigenvalue weighted by molar-refractivity contribution is 5.74. The smallest absolute Gasteiger partial charge is 0.310 e. The predicted molar refractivity (Wildman–Crippen MR) is 86.3 cm³/mol. The summed E-state index contributed by atoms with van der Waals surface area (Å²) in [5.41, 5.74) is -0.487. The summed E-state index contributed by atoms with van der Waals surface area (Å²) in [6.45, 7) is 9.44. The van der Waals surface area contributed by atoms with Crippen molar-refractivity contribution in [2.45, 2.75) is 65.1 Å². The van der Waals surface area contributed by atoms with E-state index in [-0.39, 0.29) is 29.8 Å². The maximum Gasteiger partial charge on any atom is 0.310 e. The molecule has 4 unspecified atom stereocenters. The minimum Gasteiger partial charge on any atom is -0.456 e. The van der Waals surface area contributed by atoms with Crippen molar-refractivity contribution in [1.82, 2.24) is 0 Å². The van der Waals surface area contributed by atoms with Crippen molar-refractivity contribution in [3.8, 4) is 0 Å². The van der Waals surface area contributed by atoms with Gasteiger partial charge < -0.3 is 9.47 Å². The maximum absolute atomic E-state index is 12.9. The lowest BCUT2D eigenvalue weighted by Gasteiger charge is -2.45. The van der Waals surface area contributed by atoms with E-state index in [1.807, 2.05) is 0 Å². The number of rotatable bonds is 5. The molecule has 3 aliphatic rings. The third-order valence-electron chi connectivity index (χ3n) is 6.10. The number of carbonyl (C=O) groups is 1. The molecule has 0 aromatic carbocycles. The van der Waals surface area contributed by atoms with E-state index in [0.29, 0.717) is 11.8 Å². The van der Waals surface area contributed by atoms with Gasteiger partial charge in [0.2, 0.25) is 0 Å². The predicted octanol–water partition coefficient (Wildman–Crippen LogP) is 3.97. The zero-order valence-corrected chi connectivity index (χ0v) is 14.4. The molecule has 3 nitrogen and oxygen atoms in total. The number of esters is 1. The number of carbonyl (C=O) groups excluding carboxylic acids is 1. The Kier molecular flexibility index (Phi) is 4.37. The van der Waals surface area contributed by atoms with Crippen molar-refractivity contribution in [1.29, 1.82) is 0 Å². The van der Waals surface area contributed by atoms with Crippen LogP contribution in [0.25, 0.3) is 0 Å². The van der Waals surface area contributed by atoms with Crippen LogP contribution in [0, 0.1) is 29.6 Å². The second kappa shape index (κ2) is 5.99. The standard InChI is InChI=1S/C19H30O3/c1-12(2)19(13(3)4,17-6-5-9-21-17)22-18(20)16-11-14-7-8-15(16)10-14/h7-8,12-17H,5-6,9-11H2,1-4H3. The first-order valence-electron chi connectivity index (χ1n) is 8.98. The van der Waals surface area contributed by atoms with Crippen LogP contribution in [-0.2, 0) is 14.3 Å². The quantitative estimate of drug-likeness (QED) is 0.569. The average molecular weight is 306 g/mol. The Morgan fingerprint density at radius 2 is 1.91 bits per heavy atom. The van der Waals surface area contributed by atoms with E-state index in [9.17, 15) is 4.79 Å². The van der Waals surface area contributed by atoms with Crippen LogP contribution >= 0.6 is 0 Å². The van der Waals surface area contributed by atoms with Gasteiger partial charge in [-0.25, -0.2) is 0 Å². The van der Waals surface area contributed by atoms with Gasteiger partial charge in [-0.1, -0.05) is 39.8 Å². The van der Waals surface area contributed by atoms with Crippen molar-refractivity contribution in [2.24, 2.45) is 29.6 Å². The van der Waals surface area contributed by atoms with Gasteiger partial charge in [0.25, 0.3) is 0 Å². The third-order valence-corrected chi connectivity index (χ3v) is 6.10. The van der Waals surface area contributed by atoms with Crippen molar-refractivity contribution in [3.63, 3.8) is 0 Å². The third kappa shape index (κ3) is 2.51. The van der Waals surface area contributed by atoms with E-state index in [2.05, 4.69) is 39.8 Å². The lowest BCUT2D eigenvalue weighted by Crippen LogP contribution is -2.55. The molecular formula is C19H30O3. The van der Waals surface area contributed by atoms with Gasteiger partial charge in [-0.05, 0) is 49.4 Å². The van der Waals surface area contributed by atoms with Gasteiger partial charge >= 0.3 is 5.97 Å². The first-order chi connectivity index (χ1) is 10.4. The van der Waals surface area contributed by atoms with E-state index in [0.717, 1.165) is 32.3 Å². The van der Waals surface area contributed by atoms with E-state index < -0.39 is 5.60 Å². The summed E-state index contributed by atoms with van der Waals surface area (Å²) in [6.07, 6.45) is 8.71. The highest BCUT2D eigenvalue weighted by atomic mass is 16.6. The summed E-state index contributed by atoms with van der Waals surface area (Å²) >= 11 is 0. The van der Waals surface area contributed by atoms with E-state index in [1.54, 1.807) is 0 Å². The zero-order chi connectivity index (χ0) is 15.9. The second-order valence-corrected chi connectivity index (χ2v) is 7.97. The van der Waals surface area contributed by atoms with Gasteiger partial charge in [-0.15, -0.1) is 0 Å². The van der Waals surface area contributed by atoms with E-state index >= 15 is 0 Å². The topological polar surface area (TPSA) is 35.5 Å². The van der Waals surface area contributed by atoms with Crippen LogP contribution in [0.15, 0.2) is 12.2 Å². The second-order valence-electron chi connectivity index (χ2n) is 7.97. The van der Waals surface area contributed by atoms with Crippen LogP contribution < -0.4 is 0 Å². The van der Waals surface area contributed by atoms with Crippen LogP contribution in [0.3, 0.4) is 0 Å². The lowest BCUT2D eigenvalue weighted by atomic mass is 9.74. The number of hydrogen-bond acceptors (Lipinski definition) is 3. The summed E-state index contributed by atoms with van der Waals surface area (Å²) in [5, 5.41) is 0. The monoisotopic (exact) mass is 306 g/mol. The van der Waals surface area contributed by atoms with E-state index in [1.165, 1.54) is 0 Å². The SMILES string of the molecule is CC(C)C(OC(=O)C1CC2C=CC1C2)(C(C)C)C1CCCO1. The van der Waals surface area contributed by atoms with Crippen LogP contribution in [0.1, 0.15) is 53.4 Å². The molecule has 4 atom stereocenters. The molecule has 1 saturated heterocycles. The van der Waals surface area contributed by atoms with Gasteiger partial charge in [0.1, 0.15) is 5.60 Å². The highest BCUT2D eigenvalue weighted by Gasteiger charge is 2.52. The first kappa shape index (κ1) is 16.0. The molecule has 1 heterocycles. The highest BCUT2D eigenvalue weighted by Crippen LogP contribution is 2.46. The lowest BCUT2D eigenvalue weighted by molar-refractivity contribution is -0.201. The van der Waals surface area contributed by atoms with Crippen LogP contribution in [0.2, 0.25) is 0 Å². The summed E-state index contributed by atoms with van der Waals surface area (Å²) in [7, 11) is 0. The minimum atomic E-state index is -0.487. The molecule has 3 rings (SSSR count). The summed E-state index contributed by atoms with van der Waals surface area (Å²) in [5.74, 6) is 1.59. The van der Waals surface area contributed by atoms with Gasteiger partial charge in [-0.2, -0.15) is 0 Å². The van der Waals surface area contributed by atoms with Crippen LogP contribution in [0.5, 0.6) is 0 Å². The minimum absolute atomic E-state index is 0.00903. The average Bonchev–Trinajstić information content (AvgIpc) is 3.19. The fourth-order valence-corrected chi connectivity index (χ4v) is 4.95. The Labute approximate surface area is 134 Å². The molecule has 0 aromatic rings. The Balaban J connectivity index is 1.80. The van der Waals surface area contributed by atoms with Crippen LogP contribution in [0.4, 0.5) is 0 Å². The Morgan fingerprint density at radius 1 is 1.18 bits per heavy atom. The zero-order valence-electron chi connectivity index (χ0n) is 14.4. The normalized spacial score (nSPS) is 34.1. The molecule has 0 N–H and O–H groups in total. The van der Waals surface area contributed by atoms with Crippen LogP contribution in [-0.4, -0.2) is 24.3 Å².